The highest BCUT2D eigenvalue weighted by atomic mass is 16.3. The molecule has 0 fully saturated rings. The number of hydrogen-bond acceptors (Lipinski definition) is 5. The van der Waals surface area contributed by atoms with E-state index in [2.05, 4.69) is 0 Å². The molecule has 1 rings (SSSR count). The number of rotatable bonds is 2. The van der Waals surface area contributed by atoms with E-state index in [1.807, 2.05) is 6.07 Å². The van der Waals surface area contributed by atoms with E-state index in [-0.39, 0.29) is 11.1 Å². The normalized spacial score (nSPS) is 13.6. The van der Waals surface area contributed by atoms with Gasteiger partial charge >= 0.3 is 0 Å². The molecule has 2 atom stereocenters. The molecule has 0 saturated carbocycles. The van der Waals surface area contributed by atoms with E-state index in [0.717, 1.165) is 0 Å². The Morgan fingerprint density at radius 3 is 2.47 bits per heavy atom. The molecule has 1 aromatic carbocycles. The molecular weight excluding hydrogens is 194 g/mol. The first-order valence-electron chi connectivity index (χ1n) is 4.15. The predicted octanol–water partition coefficient (Wildman–Crippen LogP) is 0.0584. The van der Waals surface area contributed by atoms with Gasteiger partial charge < -0.3 is 15.9 Å². The standard InChI is InChI=1S/C10H9N3O2/c11-4-6-3-7(13)1-2-8(6)10(15)9(14)5-12/h1-3,9-10,14-15H,13H2. The highest BCUT2D eigenvalue weighted by molar-refractivity contribution is 5.50. The number of anilines is 1. The quantitative estimate of drug-likeness (QED) is 0.464. The van der Waals surface area contributed by atoms with Crippen molar-refractivity contribution in [3.05, 3.63) is 29.3 Å². The summed E-state index contributed by atoms with van der Waals surface area (Å²) in [5, 5.41) is 35.8. The maximum atomic E-state index is 9.53. The van der Waals surface area contributed by atoms with Gasteiger partial charge in [0.15, 0.2) is 6.10 Å². The summed E-state index contributed by atoms with van der Waals surface area (Å²) in [6.45, 7) is 0. The number of nitrogens with two attached hydrogens (primary N) is 1. The third-order valence-electron chi connectivity index (χ3n) is 1.95. The molecule has 0 bridgehead atoms. The molecular formula is C10H9N3O2. The first-order valence-corrected chi connectivity index (χ1v) is 4.15. The highest BCUT2D eigenvalue weighted by Crippen LogP contribution is 2.22. The van der Waals surface area contributed by atoms with Crippen molar-refractivity contribution < 1.29 is 10.2 Å². The summed E-state index contributed by atoms with van der Waals surface area (Å²) in [7, 11) is 0. The second kappa shape index (κ2) is 4.43. The minimum atomic E-state index is -1.55. The number of nitrogen functional groups attached to an aromatic ring is 1. The monoisotopic (exact) mass is 203 g/mol. The fraction of sp³-hybridized carbons (Fsp3) is 0.200. The van der Waals surface area contributed by atoms with Gasteiger partial charge in [-0.25, -0.2) is 0 Å². The van der Waals surface area contributed by atoms with Crippen molar-refractivity contribution in [3.8, 4) is 12.1 Å². The molecule has 1 aromatic rings. The zero-order valence-electron chi connectivity index (χ0n) is 7.75. The Hall–Kier alpha value is -2.08. The molecule has 4 N–H and O–H groups in total. The van der Waals surface area contributed by atoms with Gasteiger partial charge in [0.1, 0.15) is 6.10 Å². The van der Waals surface area contributed by atoms with Gasteiger partial charge in [-0.1, -0.05) is 6.07 Å². The maximum absolute atomic E-state index is 9.53. The maximum Gasteiger partial charge on any atom is 0.170 e. The van der Waals surface area contributed by atoms with Crippen LogP contribution < -0.4 is 5.73 Å². The van der Waals surface area contributed by atoms with Gasteiger partial charge in [0, 0.05) is 11.3 Å². The van der Waals surface area contributed by atoms with E-state index in [4.69, 9.17) is 21.4 Å². The molecule has 2 unspecified atom stereocenters. The summed E-state index contributed by atoms with van der Waals surface area (Å²) in [5.74, 6) is 0. The third-order valence-corrected chi connectivity index (χ3v) is 1.95. The Morgan fingerprint density at radius 2 is 1.93 bits per heavy atom. The second-order valence-corrected chi connectivity index (χ2v) is 2.98. The summed E-state index contributed by atoms with van der Waals surface area (Å²) in [6, 6.07) is 7.61. The number of aliphatic hydroxyl groups is 2. The molecule has 5 heteroatoms. The van der Waals surface area contributed by atoms with Crippen LogP contribution in [-0.2, 0) is 0 Å². The van der Waals surface area contributed by atoms with Gasteiger partial charge in [0.2, 0.25) is 0 Å². The van der Waals surface area contributed by atoms with E-state index in [1.165, 1.54) is 24.3 Å². The van der Waals surface area contributed by atoms with Crippen LogP contribution in [0.25, 0.3) is 0 Å². The number of nitrogens with zero attached hydrogens (tertiary/aromatic N) is 2. The first kappa shape index (κ1) is 11.0. The average molecular weight is 203 g/mol. The lowest BCUT2D eigenvalue weighted by molar-refractivity contribution is 0.0526. The van der Waals surface area contributed by atoms with Gasteiger partial charge in [-0.3, -0.25) is 0 Å². The molecule has 0 aliphatic rings. The van der Waals surface area contributed by atoms with Crippen molar-refractivity contribution in [1.82, 2.24) is 0 Å². The highest BCUT2D eigenvalue weighted by Gasteiger charge is 2.20. The largest absolute Gasteiger partial charge is 0.399 e. The Morgan fingerprint density at radius 1 is 1.27 bits per heavy atom. The zero-order chi connectivity index (χ0) is 11.4. The van der Waals surface area contributed by atoms with Crippen molar-refractivity contribution in [2.24, 2.45) is 0 Å². The summed E-state index contributed by atoms with van der Waals surface area (Å²) in [5.41, 5.74) is 6.18. The first-order chi connectivity index (χ1) is 7.10. The molecule has 0 aliphatic carbocycles. The lowest BCUT2D eigenvalue weighted by Gasteiger charge is -2.13. The van der Waals surface area contributed by atoms with Crippen molar-refractivity contribution in [1.29, 1.82) is 10.5 Å². The zero-order valence-corrected chi connectivity index (χ0v) is 7.75. The van der Waals surface area contributed by atoms with Crippen LogP contribution >= 0.6 is 0 Å². The Kier molecular flexibility index (Phi) is 3.25. The van der Waals surface area contributed by atoms with Crippen molar-refractivity contribution in [2.45, 2.75) is 12.2 Å². The van der Waals surface area contributed by atoms with Crippen LogP contribution in [0.15, 0.2) is 18.2 Å². The molecule has 0 spiro atoms. The topological polar surface area (TPSA) is 114 Å². The van der Waals surface area contributed by atoms with Crippen LogP contribution in [0.5, 0.6) is 0 Å². The lowest BCUT2D eigenvalue weighted by atomic mass is 9.99. The second-order valence-electron chi connectivity index (χ2n) is 2.98. The molecule has 0 radical (unpaired) electrons. The molecule has 0 amide bonds. The molecule has 0 aromatic heterocycles. The Bertz CT molecular complexity index is 445. The van der Waals surface area contributed by atoms with Gasteiger partial charge in [0.25, 0.3) is 0 Å². The third kappa shape index (κ3) is 2.23. The summed E-state index contributed by atoms with van der Waals surface area (Å²) < 4.78 is 0. The molecule has 15 heavy (non-hydrogen) atoms. The summed E-state index contributed by atoms with van der Waals surface area (Å²) >= 11 is 0. The molecule has 5 nitrogen and oxygen atoms in total. The SMILES string of the molecule is N#Cc1cc(N)ccc1C(O)C(O)C#N. The van der Waals surface area contributed by atoms with E-state index in [9.17, 15) is 5.11 Å². The Labute approximate surface area is 86.6 Å². The molecule has 76 valence electrons. The van der Waals surface area contributed by atoms with Gasteiger partial charge in [-0.15, -0.1) is 0 Å². The molecule has 0 saturated heterocycles. The minimum Gasteiger partial charge on any atom is -0.399 e. The molecule has 0 aliphatic heterocycles. The fourth-order valence-electron chi connectivity index (χ4n) is 1.17. The van der Waals surface area contributed by atoms with Gasteiger partial charge in [-0.2, -0.15) is 10.5 Å². The molecule has 0 heterocycles. The van der Waals surface area contributed by atoms with Crippen LogP contribution in [0.4, 0.5) is 5.69 Å². The van der Waals surface area contributed by atoms with Crippen LogP contribution in [-0.4, -0.2) is 16.3 Å². The van der Waals surface area contributed by atoms with Gasteiger partial charge in [-0.05, 0) is 12.1 Å². The lowest BCUT2D eigenvalue weighted by Crippen LogP contribution is -2.17. The number of benzene rings is 1. The number of nitriles is 2. The van der Waals surface area contributed by atoms with Crippen molar-refractivity contribution >= 4 is 5.69 Å². The van der Waals surface area contributed by atoms with E-state index in [1.54, 1.807) is 0 Å². The smallest absolute Gasteiger partial charge is 0.170 e. The van der Waals surface area contributed by atoms with Gasteiger partial charge in [0.05, 0.1) is 17.7 Å². The van der Waals surface area contributed by atoms with Crippen molar-refractivity contribution in [2.75, 3.05) is 5.73 Å². The van der Waals surface area contributed by atoms with Crippen LogP contribution in [0.3, 0.4) is 0 Å². The van der Waals surface area contributed by atoms with Crippen LogP contribution in [0.2, 0.25) is 0 Å². The van der Waals surface area contributed by atoms with Crippen molar-refractivity contribution in [3.63, 3.8) is 0 Å². The predicted molar refractivity (Wildman–Crippen MR) is 52.1 cm³/mol. The summed E-state index contributed by atoms with van der Waals surface area (Å²) in [4.78, 5) is 0. The van der Waals surface area contributed by atoms with E-state index >= 15 is 0 Å². The van der Waals surface area contributed by atoms with Crippen LogP contribution in [0.1, 0.15) is 17.2 Å². The number of hydrogen-bond donors (Lipinski definition) is 3. The number of aliphatic hydroxyl groups excluding tert-OH is 2. The fourth-order valence-corrected chi connectivity index (χ4v) is 1.17. The average Bonchev–Trinajstić information content (AvgIpc) is 2.26. The minimum absolute atomic E-state index is 0.150. The van der Waals surface area contributed by atoms with E-state index < -0.39 is 12.2 Å². The van der Waals surface area contributed by atoms with E-state index in [0.29, 0.717) is 5.69 Å². The Balaban J connectivity index is 3.16. The summed E-state index contributed by atoms with van der Waals surface area (Å²) in [6.07, 6.45) is -2.95. The van der Waals surface area contributed by atoms with Crippen LogP contribution in [0, 0.1) is 22.7 Å².